The van der Waals surface area contributed by atoms with Crippen molar-refractivity contribution in [1.82, 2.24) is 4.57 Å². The smallest absolute Gasteiger partial charge is 0.287 e. The van der Waals surface area contributed by atoms with Crippen molar-refractivity contribution < 1.29 is 9.72 Å². The average Bonchev–Trinajstić information content (AvgIpc) is 2.58. The molecule has 2 aromatic rings. The molecule has 0 fully saturated rings. The Morgan fingerprint density at radius 3 is 2.69 bits per heavy atom. The highest BCUT2D eigenvalue weighted by Crippen LogP contribution is 2.27. The average molecular weight is 354 g/mol. The Kier molecular flexibility index (Phi) is 5.52. The minimum absolute atomic E-state index is 0.177. The van der Waals surface area contributed by atoms with Crippen molar-refractivity contribution in [3.05, 3.63) is 67.6 Å². The first-order valence-corrected chi connectivity index (χ1v) is 7.93. The molecule has 0 aliphatic heterocycles. The van der Waals surface area contributed by atoms with Crippen LogP contribution in [-0.2, 0) is 11.3 Å². The summed E-state index contributed by atoms with van der Waals surface area (Å²) in [6.45, 7) is 5.42. The lowest BCUT2D eigenvalue weighted by atomic mass is 9.98. The molecule has 1 aromatic heterocycles. The third-order valence-electron chi connectivity index (χ3n) is 3.91. The van der Waals surface area contributed by atoms with E-state index in [2.05, 4.69) is 5.32 Å². The number of anilines is 1. The highest BCUT2D eigenvalue weighted by atomic mass is 16.6. The maximum atomic E-state index is 12.4. The number of para-hydroxylation sites is 1. The molecule has 0 aliphatic carbocycles. The van der Waals surface area contributed by atoms with E-state index in [9.17, 15) is 19.7 Å². The lowest BCUT2D eigenvalue weighted by Crippen LogP contribution is -2.29. The van der Waals surface area contributed by atoms with Gasteiger partial charge in [0, 0.05) is 11.8 Å². The van der Waals surface area contributed by atoms with E-state index in [4.69, 9.17) is 5.26 Å². The Morgan fingerprint density at radius 2 is 2.12 bits per heavy atom. The van der Waals surface area contributed by atoms with Gasteiger partial charge in [-0.2, -0.15) is 5.26 Å². The molecular weight excluding hydrogens is 336 g/mol. The number of amides is 1. The van der Waals surface area contributed by atoms with Crippen LogP contribution in [-0.4, -0.2) is 15.4 Å². The lowest BCUT2D eigenvalue weighted by Gasteiger charge is -2.16. The Bertz CT molecular complexity index is 970. The van der Waals surface area contributed by atoms with E-state index in [0.29, 0.717) is 5.69 Å². The molecule has 1 amide bonds. The summed E-state index contributed by atoms with van der Waals surface area (Å²) < 4.78 is 0.874. The molecule has 0 atom stereocenters. The van der Waals surface area contributed by atoms with E-state index in [-0.39, 0.29) is 11.5 Å². The summed E-state index contributed by atoms with van der Waals surface area (Å²) >= 11 is 0. The van der Waals surface area contributed by atoms with Crippen LogP contribution in [0.15, 0.2) is 35.3 Å². The number of pyridine rings is 1. The van der Waals surface area contributed by atoms with Gasteiger partial charge < -0.3 is 5.32 Å². The summed E-state index contributed by atoms with van der Waals surface area (Å²) in [7, 11) is 0. The SMILES string of the molecule is Cc1cccc(C(C)C)c1NC(=O)Cn1cc([N+](=O)[O-])cc(C#N)c1=O. The highest BCUT2D eigenvalue weighted by Gasteiger charge is 2.17. The monoisotopic (exact) mass is 354 g/mol. The molecule has 0 unspecified atom stereocenters. The summed E-state index contributed by atoms with van der Waals surface area (Å²) in [5.41, 5.74) is 0.920. The Morgan fingerprint density at radius 1 is 1.42 bits per heavy atom. The summed E-state index contributed by atoms with van der Waals surface area (Å²) in [6, 6.07) is 8.17. The number of nitrogens with zero attached hydrogens (tertiary/aromatic N) is 3. The molecule has 2 rings (SSSR count). The molecule has 0 saturated heterocycles. The van der Waals surface area contributed by atoms with Gasteiger partial charge in [0.05, 0.1) is 11.1 Å². The van der Waals surface area contributed by atoms with E-state index in [1.54, 1.807) is 6.07 Å². The quantitative estimate of drug-likeness (QED) is 0.654. The minimum atomic E-state index is -0.748. The van der Waals surface area contributed by atoms with Crippen LogP contribution in [0.4, 0.5) is 11.4 Å². The summed E-state index contributed by atoms with van der Waals surface area (Å²) in [6.07, 6.45) is 0.962. The predicted molar refractivity (Wildman–Crippen MR) is 96.0 cm³/mol. The Labute approximate surface area is 149 Å². The van der Waals surface area contributed by atoms with Crippen molar-refractivity contribution in [1.29, 1.82) is 5.26 Å². The van der Waals surface area contributed by atoms with Gasteiger partial charge in [0.25, 0.3) is 11.2 Å². The zero-order valence-electron chi connectivity index (χ0n) is 14.6. The zero-order chi connectivity index (χ0) is 19.4. The topological polar surface area (TPSA) is 118 Å². The Hall–Kier alpha value is -3.47. The van der Waals surface area contributed by atoms with E-state index in [1.165, 1.54) is 0 Å². The van der Waals surface area contributed by atoms with Crippen LogP contribution in [0.25, 0.3) is 0 Å². The van der Waals surface area contributed by atoms with Crippen molar-refractivity contribution in [2.45, 2.75) is 33.2 Å². The molecule has 8 heteroatoms. The maximum Gasteiger partial charge on any atom is 0.287 e. The molecule has 0 saturated carbocycles. The number of carbonyl (C=O) groups is 1. The molecule has 0 aliphatic rings. The van der Waals surface area contributed by atoms with E-state index < -0.39 is 28.6 Å². The molecule has 0 spiro atoms. The highest BCUT2D eigenvalue weighted by molar-refractivity contribution is 5.92. The van der Waals surface area contributed by atoms with Crippen molar-refractivity contribution in [2.24, 2.45) is 0 Å². The fourth-order valence-corrected chi connectivity index (χ4v) is 2.59. The third-order valence-corrected chi connectivity index (χ3v) is 3.91. The number of rotatable bonds is 5. The number of aromatic nitrogens is 1. The first kappa shape index (κ1) is 18.9. The number of benzene rings is 1. The molecular formula is C18H18N4O4. The molecule has 1 N–H and O–H groups in total. The molecule has 0 radical (unpaired) electrons. The molecule has 1 aromatic carbocycles. The lowest BCUT2D eigenvalue weighted by molar-refractivity contribution is -0.385. The molecule has 8 nitrogen and oxygen atoms in total. The number of carbonyl (C=O) groups excluding carboxylic acids is 1. The second kappa shape index (κ2) is 7.61. The van der Waals surface area contributed by atoms with Gasteiger partial charge in [-0.25, -0.2) is 0 Å². The normalized spacial score (nSPS) is 10.4. The van der Waals surface area contributed by atoms with Gasteiger partial charge in [-0.3, -0.25) is 24.3 Å². The van der Waals surface area contributed by atoms with E-state index >= 15 is 0 Å². The number of hydrogen-bond donors (Lipinski definition) is 1. The van der Waals surface area contributed by atoms with Crippen LogP contribution in [0.2, 0.25) is 0 Å². The van der Waals surface area contributed by atoms with Gasteiger partial charge in [0.1, 0.15) is 18.2 Å². The number of nitrogens with one attached hydrogen (secondary N) is 1. The van der Waals surface area contributed by atoms with Crippen LogP contribution in [0.3, 0.4) is 0 Å². The van der Waals surface area contributed by atoms with Crippen molar-refractivity contribution in [3.63, 3.8) is 0 Å². The molecule has 0 bridgehead atoms. The number of aryl methyl sites for hydroxylation is 1. The van der Waals surface area contributed by atoms with Gasteiger partial charge in [-0.15, -0.1) is 0 Å². The van der Waals surface area contributed by atoms with Crippen molar-refractivity contribution >= 4 is 17.3 Å². The fraction of sp³-hybridized carbons (Fsp3) is 0.278. The van der Waals surface area contributed by atoms with Crippen LogP contribution in [0.5, 0.6) is 0 Å². The van der Waals surface area contributed by atoms with Gasteiger partial charge in [0.15, 0.2) is 0 Å². The summed E-state index contributed by atoms with van der Waals surface area (Å²) in [5, 5.41) is 22.7. The minimum Gasteiger partial charge on any atom is -0.324 e. The van der Waals surface area contributed by atoms with Crippen LogP contribution < -0.4 is 10.9 Å². The van der Waals surface area contributed by atoms with Crippen LogP contribution in [0, 0.1) is 28.4 Å². The van der Waals surface area contributed by atoms with E-state index in [0.717, 1.165) is 28.0 Å². The van der Waals surface area contributed by atoms with E-state index in [1.807, 2.05) is 39.0 Å². The molecule has 26 heavy (non-hydrogen) atoms. The summed E-state index contributed by atoms with van der Waals surface area (Å²) in [5.74, 6) is -0.330. The molecule has 134 valence electrons. The standard InChI is InChI=1S/C18H18N4O4/c1-11(2)15-6-4-5-12(3)17(15)20-16(23)10-21-9-14(22(25)26)7-13(8-19)18(21)24/h4-7,9,11H,10H2,1-3H3,(H,20,23). The number of hydrogen-bond acceptors (Lipinski definition) is 5. The third kappa shape index (κ3) is 3.95. The summed E-state index contributed by atoms with van der Waals surface area (Å²) in [4.78, 5) is 34.8. The van der Waals surface area contributed by atoms with Crippen LogP contribution in [0.1, 0.15) is 36.5 Å². The largest absolute Gasteiger partial charge is 0.324 e. The van der Waals surface area contributed by atoms with Gasteiger partial charge in [0.2, 0.25) is 5.91 Å². The van der Waals surface area contributed by atoms with Crippen molar-refractivity contribution in [2.75, 3.05) is 5.32 Å². The van der Waals surface area contributed by atoms with Crippen LogP contribution >= 0.6 is 0 Å². The second-order valence-electron chi connectivity index (χ2n) is 6.16. The predicted octanol–water partition coefficient (Wildman–Crippen LogP) is 2.70. The van der Waals surface area contributed by atoms with Gasteiger partial charge in [-0.1, -0.05) is 32.0 Å². The Balaban J connectivity index is 2.35. The fourth-order valence-electron chi connectivity index (χ4n) is 2.59. The van der Waals surface area contributed by atoms with Gasteiger partial charge in [-0.05, 0) is 24.0 Å². The number of nitriles is 1. The maximum absolute atomic E-state index is 12.4. The van der Waals surface area contributed by atoms with Crippen molar-refractivity contribution in [3.8, 4) is 6.07 Å². The number of nitro groups is 1. The second-order valence-corrected chi connectivity index (χ2v) is 6.16. The molecule has 1 heterocycles. The first-order chi connectivity index (χ1) is 12.2. The van der Waals surface area contributed by atoms with Gasteiger partial charge >= 0.3 is 0 Å². The zero-order valence-corrected chi connectivity index (χ0v) is 14.6. The first-order valence-electron chi connectivity index (χ1n) is 7.93.